The van der Waals surface area contributed by atoms with Gasteiger partial charge in [-0.15, -0.1) is 0 Å². The first kappa shape index (κ1) is 14.1. The topological polar surface area (TPSA) is 75.9 Å². The SMILES string of the molecule is CSCCCCCCNc1cncc(NN)n1. The third-order valence-corrected chi connectivity index (χ3v) is 3.06. The van der Waals surface area contributed by atoms with Crippen LogP contribution in [0.15, 0.2) is 12.4 Å². The second kappa shape index (κ2) is 9.07. The lowest BCUT2D eigenvalue weighted by Crippen LogP contribution is -2.11. The number of aromatic nitrogens is 2. The van der Waals surface area contributed by atoms with Crippen molar-refractivity contribution < 1.29 is 0 Å². The van der Waals surface area contributed by atoms with Gasteiger partial charge in [0.1, 0.15) is 5.82 Å². The van der Waals surface area contributed by atoms with Crippen LogP contribution in [0.5, 0.6) is 0 Å². The summed E-state index contributed by atoms with van der Waals surface area (Å²) >= 11 is 1.91. The summed E-state index contributed by atoms with van der Waals surface area (Å²) in [5.74, 6) is 7.87. The average molecular weight is 255 g/mol. The molecule has 96 valence electrons. The molecule has 0 unspecified atom stereocenters. The molecule has 0 radical (unpaired) electrons. The van der Waals surface area contributed by atoms with Gasteiger partial charge in [0.05, 0.1) is 12.4 Å². The maximum atomic E-state index is 5.26. The molecule has 5 nitrogen and oxygen atoms in total. The van der Waals surface area contributed by atoms with Crippen LogP contribution >= 0.6 is 11.8 Å². The predicted octanol–water partition coefficient (Wildman–Crippen LogP) is 2.10. The van der Waals surface area contributed by atoms with Gasteiger partial charge in [0, 0.05) is 6.54 Å². The van der Waals surface area contributed by atoms with Gasteiger partial charge in [-0.1, -0.05) is 12.8 Å². The molecule has 1 aromatic heterocycles. The third kappa shape index (κ3) is 6.33. The highest BCUT2D eigenvalue weighted by molar-refractivity contribution is 7.98. The molecule has 0 saturated carbocycles. The molecule has 0 amide bonds. The van der Waals surface area contributed by atoms with Crippen LogP contribution in [-0.2, 0) is 0 Å². The van der Waals surface area contributed by atoms with Gasteiger partial charge < -0.3 is 10.7 Å². The minimum Gasteiger partial charge on any atom is -0.369 e. The fraction of sp³-hybridized carbons (Fsp3) is 0.636. The van der Waals surface area contributed by atoms with Gasteiger partial charge in [0.15, 0.2) is 5.82 Å². The molecule has 1 aromatic rings. The van der Waals surface area contributed by atoms with Gasteiger partial charge in [0.2, 0.25) is 0 Å². The molecule has 0 aliphatic heterocycles. The zero-order chi connectivity index (χ0) is 12.3. The zero-order valence-corrected chi connectivity index (χ0v) is 11.1. The number of nitrogens with zero attached hydrogens (tertiary/aromatic N) is 2. The Morgan fingerprint density at radius 3 is 2.71 bits per heavy atom. The van der Waals surface area contributed by atoms with E-state index >= 15 is 0 Å². The summed E-state index contributed by atoms with van der Waals surface area (Å²) in [6.45, 7) is 0.933. The van der Waals surface area contributed by atoms with Crippen molar-refractivity contribution in [2.24, 2.45) is 5.84 Å². The predicted molar refractivity (Wildman–Crippen MR) is 75.2 cm³/mol. The average Bonchev–Trinajstić information content (AvgIpc) is 2.38. The van der Waals surface area contributed by atoms with Crippen molar-refractivity contribution in [2.75, 3.05) is 29.3 Å². The van der Waals surface area contributed by atoms with Gasteiger partial charge in [-0.3, -0.25) is 4.98 Å². The highest BCUT2D eigenvalue weighted by Crippen LogP contribution is 2.07. The monoisotopic (exact) mass is 255 g/mol. The second-order valence-corrected chi connectivity index (χ2v) is 4.75. The maximum Gasteiger partial charge on any atom is 0.160 e. The molecule has 0 bridgehead atoms. The number of thioether (sulfide) groups is 1. The number of unbranched alkanes of at least 4 members (excludes halogenated alkanes) is 3. The van der Waals surface area contributed by atoms with Crippen LogP contribution in [0, 0.1) is 0 Å². The van der Waals surface area contributed by atoms with Crippen molar-refractivity contribution in [1.82, 2.24) is 9.97 Å². The molecule has 0 saturated heterocycles. The Morgan fingerprint density at radius 2 is 1.94 bits per heavy atom. The summed E-state index contributed by atoms with van der Waals surface area (Å²) < 4.78 is 0. The van der Waals surface area contributed by atoms with E-state index in [0.717, 1.165) is 18.8 Å². The van der Waals surface area contributed by atoms with Gasteiger partial charge in [-0.05, 0) is 24.9 Å². The Morgan fingerprint density at radius 1 is 1.18 bits per heavy atom. The Bertz CT molecular complexity index is 308. The third-order valence-electron chi connectivity index (χ3n) is 2.36. The lowest BCUT2D eigenvalue weighted by Gasteiger charge is -2.06. The number of hydrogen-bond acceptors (Lipinski definition) is 6. The minimum atomic E-state index is 0.579. The standard InChI is InChI=1S/C11H21N5S/c1-17-7-5-3-2-4-6-14-10-8-13-9-11(15-10)16-12/h8-9H,2-7,12H2,1H3,(H2,14,15,16). The molecule has 0 atom stereocenters. The maximum absolute atomic E-state index is 5.26. The summed E-state index contributed by atoms with van der Waals surface area (Å²) in [5, 5.41) is 3.24. The van der Waals surface area contributed by atoms with Crippen LogP contribution in [0.4, 0.5) is 11.6 Å². The molecular weight excluding hydrogens is 234 g/mol. The van der Waals surface area contributed by atoms with Crippen LogP contribution in [0.2, 0.25) is 0 Å². The first-order valence-corrected chi connectivity index (χ1v) is 7.27. The first-order valence-electron chi connectivity index (χ1n) is 5.88. The number of nitrogen functional groups attached to an aromatic ring is 1. The van der Waals surface area contributed by atoms with Crippen molar-refractivity contribution >= 4 is 23.4 Å². The molecule has 0 spiro atoms. The van der Waals surface area contributed by atoms with Crippen molar-refractivity contribution in [1.29, 1.82) is 0 Å². The largest absolute Gasteiger partial charge is 0.369 e. The van der Waals surface area contributed by atoms with Crippen molar-refractivity contribution in [3.05, 3.63) is 12.4 Å². The minimum absolute atomic E-state index is 0.579. The van der Waals surface area contributed by atoms with Gasteiger partial charge in [-0.2, -0.15) is 11.8 Å². The van der Waals surface area contributed by atoms with Crippen LogP contribution < -0.4 is 16.6 Å². The van der Waals surface area contributed by atoms with Crippen LogP contribution in [0.1, 0.15) is 25.7 Å². The molecule has 0 fully saturated rings. The molecular formula is C11H21N5S. The fourth-order valence-electron chi connectivity index (χ4n) is 1.46. The zero-order valence-electron chi connectivity index (χ0n) is 10.3. The molecule has 1 heterocycles. The van der Waals surface area contributed by atoms with Crippen LogP contribution in [-0.4, -0.2) is 28.5 Å². The first-order chi connectivity index (χ1) is 8.36. The summed E-state index contributed by atoms with van der Waals surface area (Å²) in [7, 11) is 0. The van der Waals surface area contributed by atoms with E-state index in [1.165, 1.54) is 25.0 Å². The van der Waals surface area contributed by atoms with E-state index in [4.69, 9.17) is 5.84 Å². The molecule has 0 aromatic carbocycles. The Labute approximate surface area is 107 Å². The lowest BCUT2D eigenvalue weighted by molar-refractivity contribution is 0.688. The molecule has 17 heavy (non-hydrogen) atoms. The van der Waals surface area contributed by atoms with E-state index in [2.05, 4.69) is 27.0 Å². The molecule has 1 rings (SSSR count). The molecule has 0 aliphatic carbocycles. The van der Waals surface area contributed by atoms with E-state index in [0.29, 0.717) is 5.82 Å². The Kier molecular flexibility index (Phi) is 7.49. The van der Waals surface area contributed by atoms with E-state index in [1.807, 2.05) is 11.8 Å². The van der Waals surface area contributed by atoms with Gasteiger partial charge in [0.25, 0.3) is 0 Å². The van der Waals surface area contributed by atoms with Crippen molar-refractivity contribution in [2.45, 2.75) is 25.7 Å². The van der Waals surface area contributed by atoms with Crippen LogP contribution in [0.25, 0.3) is 0 Å². The van der Waals surface area contributed by atoms with E-state index in [9.17, 15) is 0 Å². The van der Waals surface area contributed by atoms with Gasteiger partial charge in [-0.25, -0.2) is 10.8 Å². The summed E-state index contributed by atoms with van der Waals surface area (Å²) in [4.78, 5) is 8.25. The number of anilines is 2. The number of nitrogens with two attached hydrogens (primary N) is 1. The number of rotatable bonds is 9. The van der Waals surface area contributed by atoms with E-state index in [1.54, 1.807) is 12.4 Å². The molecule has 0 aliphatic rings. The van der Waals surface area contributed by atoms with E-state index in [-0.39, 0.29) is 0 Å². The quantitative estimate of drug-likeness (QED) is 0.356. The molecule has 6 heteroatoms. The lowest BCUT2D eigenvalue weighted by atomic mass is 10.2. The summed E-state index contributed by atoms with van der Waals surface area (Å²) in [6, 6.07) is 0. The number of nitrogens with one attached hydrogen (secondary N) is 2. The van der Waals surface area contributed by atoms with Gasteiger partial charge >= 0.3 is 0 Å². The number of hydrogen-bond donors (Lipinski definition) is 3. The number of hydrazine groups is 1. The smallest absolute Gasteiger partial charge is 0.160 e. The highest BCUT2D eigenvalue weighted by atomic mass is 32.2. The second-order valence-electron chi connectivity index (χ2n) is 3.77. The fourth-order valence-corrected chi connectivity index (χ4v) is 1.95. The Balaban J connectivity index is 2.09. The van der Waals surface area contributed by atoms with E-state index < -0.39 is 0 Å². The summed E-state index contributed by atoms with van der Waals surface area (Å²) in [6.07, 6.45) is 10.5. The van der Waals surface area contributed by atoms with Crippen LogP contribution in [0.3, 0.4) is 0 Å². The van der Waals surface area contributed by atoms with Crippen molar-refractivity contribution in [3.63, 3.8) is 0 Å². The summed E-state index contributed by atoms with van der Waals surface area (Å²) in [5.41, 5.74) is 2.48. The highest BCUT2D eigenvalue weighted by Gasteiger charge is 1.96. The van der Waals surface area contributed by atoms with Crippen molar-refractivity contribution in [3.8, 4) is 0 Å². The molecule has 4 N–H and O–H groups in total. The normalized spacial score (nSPS) is 10.2. The Hall–Kier alpha value is -1.01.